The molecule has 0 bridgehead atoms. The van der Waals surface area contributed by atoms with Gasteiger partial charge in [0.2, 0.25) is 15.9 Å². The molecule has 1 amide bonds. The van der Waals surface area contributed by atoms with E-state index in [-0.39, 0.29) is 18.4 Å². The predicted molar refractivity (Wildman–Crippen MR) is 48.6 cm³/mol. The summed E-state index contributed by atoms with van der Waals surface area (Å²) in [7, 11) is -3.18. The largest absolute Gasteiger partial charge is 0.355 e. The van der Waals surface area contributed by atoms with Crippen LogP contribution < -0.4 is 5.32 Å². The highest BCUT2D eigenvalue weighted by Crippen LogP contribution is 2.10. The molecule has 1 aliphatic heterocycles. The summed E-state index contributed by atoms with van der Waals surface area (Å²) in [5, 5.41) is 2.63. The van der Waals surface area contributed by atoms with Gasteiger partial charge >= 0.3 is 0 Å². The maximum Gasteiger partial charge on any atom is 0.221 e. The van der Waals surface area contributed by atoms with E-state index in [0.717, 1.165) is 0 Å². The number of hydrogen-bond acceptors (Lipinski definition) is 3. The topological polar surface area (TPSA) is 66.5 Å². The minimum Gasteiger partial charge on any atom is -0.355 e. The first kappa shape index (κ1) is 10.5. The molecule has 0 aromatic heterocycles. The van der Waals surface area contributed by atoms with Gasteiger partial charge in [-0.3, -0.25) is 4.79 Å². The molecule has 76 valence electrons. The zero-order chi connectivity index (χ0) is 10.1. The number of carbonyl (C=O) groups excluding carboxylic acids is 1. The first-order chi connectivity index (χ1) is 5.91. The smallest absolute Gasteiger partial charge is 0.221 e. The third-order valence-corrected chi connectivity index (χ3v) is 3.45. The maximum absolute atomic E-state index is 11.2. The fraction of sp³-hybridized carbons (Fsp3) is 0.857. The van der Waals surface area contributed by atoms with Crippen LogP contribution in [0.25, 0.3) is 0 Å². The minimum absolute atomic E-state index is 0.0846. The van der Waals surface area contributed by atoms with Crippen molar-refractivity contribution in [1.29, 1.82) is 0 Å². The van der Waals surface area contributed by atoms with Gasteiger partial charge in [0.05, 0.1) is 6.26 Å². The van der Waals surface area contributed by atoms with Gasteiger partial charge in [0.25, 0.3) is 0 Å². The number of amides is 1. The molecule has 0 radical (unpaired) electrons. The first-order valence-corrected chi connectivity index (χ1v) is 5.99. The Hall–Kier alpha value is -0.620. The SMILES string of the molecule is CC1CC(=O)NCCN1S(C)(=O)=O. The van der Waals surface area contributed by atoms with Crippen molar-refractivity contribution in [3.05, 3.63) is 0 Å². The number of nitrogens with zero attached hydrogens (tertiary/aromatic N) is 1. The lowest BCUT2D eigenvalue weighted by Crippen LogP contribution is -2.38. The average molecular weight is 206 g/mol. The van der Waals surface area contributed by atoms with Crippen LogP contribution in [0.2, 0.25) is 0 Å². The quantitative estimate of drug-likeness (QED) is 0.608. The molecule has 1 heterocycles. The second-order valence-corrected chi connectivity index (χ2v) is 5.21. The lowest BCUT2D eigenvalue weighted by molar-refractivity contribution is -0.121. The Balaban J connectivity index is 2.81. The monoisotopic (exact) mass is 206 g/mol. The molecule has 1 atom stereocenters. The molecule has 1 N–H and O–H groups in total. The van der Waals surface area contributed by atoms with Crippen molar-refractivity contribution in [2.75, 3.05) is 19.3 Å². The first-order valence-electron chi connectivity index (χ1n) is 4.15. The molecule has 1 aliphatic rings. The lowest BCUT2D eigenvalue weighted by Gasteiger charge is -2.22. The summed E-state index contributed by atoms with van der Waals surface area (Å²) in [6.45, 7) is 2.51. The number of sulfonamides is 1. The van der Waals surface area contributed by atoms with Crippen LogP contribution in [-0.2, 0) is 14.8 Å². The lowest BCUT2D eigenvalue weighted by atomic mass is 10.2. The zero-order valence-corrected chi connectivity index (χ0v) is 8.60. The van der Waals surface area contributed by atoms with Gasteiger partial charge in [-0.15, -0.1) is 0 Å². The Kier molecular flexibility index (Phi) is 2.92. The van der Waals surface area contributed by atoms with Gasteiger partial charge in [-0.1, -0.05) is 0 Å². The molecular formula is C7H14N2O3S. The van der Waals surface area contributed by atoms with Crippen LogP contribution in [0.1, 0.15) is 13.3 Å². The molecule has 1 fully saturated rings. The predicted octanol–water partition coefficient (Wildman–Crippen LogP) is -0.844. The van der Waals surface area contributed by atoms with E-state index >= 15 is 0 Å². The highest BCUT2D eigenvalue weighted by atomic mass is 32.2. The zero-order valence-electron chi connectivity index (χ0n) is 7.78. The molecule has 0 spiro atoms. The summed E-state index contributed by atoms with van der Waals surface area (Å²) in [6, 6.07) is -0.238. The van der Waals surface area contributed by atoms with E-state index in [1.54, 1.807) is 6.92 Å². The van der Waals surface area contributed by atoms with E-state index in [1.807, 2.05) is 0 Å². The Morgan fingerprint density at radius 1 is 1.54 bits per heavy atom. The standard InChI is InChI=1S/C7H14N2O3S/c1-6-5-7(10)8-3-4-9(6)13(2,11)12/h6H,3-5H2,1-2H3,(H,8,10). The summed E-state index contributed by atoms with van der Waals surface area (Å²) in [4.78, 5) is 11.0. The Morgan fingerprint density at radius 2 is 2.15 bits per heavy atom. The van der Waals surface area contributed by atoms with E-state index in [0.29, 0.717) is 13.1 Å². The second-order valence-electron chi connectivity index (χ2n) is 3.28. The molecule has 1 unspecified atom stereocenters. The number of rotatable bonds is 1. The third kappa shape index (κ3) is 2.67. The van der Waals surface area contributed by atoms with E-state index in [1.165, 1.54) is 10.6 Å². The highest BCUT2D eigenvalue weighted by molar-refractivity contribution is 7.88. The van der Waals surface area contributed by atoms with Crippen molar-refractivity contribution < 1.29 is 13.2 Å². The molecule has 5 nitrogen and oxygen atoms in total. The van der Waals surface area contributed by atoms with E-state index < -0.39 is 10.0 Å². The molecule has 13 heavy (non-hydrogen) atoms. The Morgan fingerprint density at radius 3 is 2.69 bits per heavy atom. The van der Waals surface area contributed by atoms with Crippen LogP contribution in [0.5, 0.6) is 0 Å². The van der Waals surface area contributed by atoms with Gasteiger partial charge < -0.3 is 5.32 Å². The average Bonchev–Trinajstić information content (AvgIpc) is 2.08. The van der Waals surface area contributed by atoms with E-state index in [2.05, 4.69) is 5.32 Å². The number of nitrogens with one attached hydrogen (secondary N) is 1. The highest BCUT2D eigenvalue weighted by Gasteiger charge is 2.27. The van der Waals surface area contributed by atoms with Crippen LogP contribution in [0.3, 0.4) is 0 Å². The Labute approximate surface area is 78.2 Å². The van der Waals surface area contributed by atoms with Gasteiger partial charge in [0, 0.05) is 25.6 Å². The van der Waals surface area contributed by atoms with Gasteiger partial charge in [0.1, 0.15) is 0 Å². The molecule has 0 aromatic rings. The maximum atomic E-state index is 11.2. The molecule has 6 heteroatoms. The molecule has 1 saturated heterocycles. The second kappa shape index (κ2) is 3.63. The fourth-order valence-corrected chi connectivity index (χ4v) is 2.61. The summed E-state index contributed by atoms with van der Waals surface area (Å²) in [5.74, 6) is -0.0846. The van der Waals surface area contributed by atoms with Gasteiger partial charge in [-0.25, -0.2) is 8.42 Å². The summed E-state index contributed by atoms with van der Waals surface area (Å²) in [6.07, 6.45) is 1.41. The van der Waals surface area contributed by atoms with Crippen LogP contribution in [0.4, 0.5) is 0 Å². The molecule has 0 saturated carbocycles. The van der Waals surface area contributed by atoms with Crippen LogP contribution >= 0.6 is 0 Å². The van der Waals surface area contributed by atoms with Crippen LogP contribution in [0.15, 0.2) is 0 Å². The van der Waals surface area contributed by atoms with Crippen molar-refractivity contribution in [2.45, 2.75) is 19.4 Å². The summed E-state index contributed by atoms with van der Waals surface area (Å²) >= 11 is 0. The van der Waals surface area contributed by atoms with Gasteiger partial charge in [-0.2, -0.15) is 4.31 Å². The number of carbonyl (C=O) groups is 1. The Bertz CT molecular complexity index is 299. The van der Waals surface area contributed by atoms with Crippen LogP contribution in [-0.4, -0.2) is 44.0 Å². The van der Waals surface area contributed by atoms with Crippen LogP contribution in [0, 0.1) is 0 Å². The molecule has 0 aromatic carbocycles. The fourth-order valence-electron chi connectivity index (χ4n) is 1.46. The van der Waals surface area contributed by atoms with Gasteiger partial charge in [-0.05, 0) is 6.92 Å². The van der Waals surface area contributed by atoms with E-state index in [4.69, 9.17) is 0 Å². The van der Waals surface area contributed by atoms with Crippen molar-refractivity contribution in [1.82, 2.24) is 9.62 Å². The van der Waals surface area contributed by atoms with Crippen molar-refractivity contribution in [3.8, 4) is 0 Å². The van der Waals surface area contributed by atoms with E-state index in [9.17, 15) is 13.2 Å². The van der Waals surface area contributed by atoms with Crippen molar-refractivity contribution in [3.63, 3.8) is 0 Å². The van der Waals surface area contributed by atoms with Crippen molar-refractivity contribution >= 4 is 15.9 Å². The minimum atomic E-state index is -3.18. The molecular weight excluding hydrogens is 192 g/mol. The third-order valence-electron chi connectivity index (χ3n) is 2.05. The molecule has 0 aliphatic carbocycles. The van der Waals surface area contributed by atoms with Crippen molar-refractivity contribution in [2.24, 2.45) is 0 Å². The molecule has 1 rings (SSSR count). The van der Waals surface area contributed by atoms with Gasteiger partial charge in [0.15, 0.2) is 0 Å². The summed E-state index contributed by atoms with van der Waals surface area (Å²) in [5.41, 5.74) is 0. The normalized spacial score (nSPS) is 26.6. The number of hydrogen-bond donors (Lipinski definition) is 1. The summed E-state index contributed by atoms with van der Waals surface area (Å²) < 4.78 is 23.8.